The van der Waals surface area contributed by atoms with Crippen LogP contribution in [0.5, 0.6) is 0 Å². The van der Waals surface area contributed by atoms with Crippen LogP contribution in [0.3, 0.4) is 0 Å². The van der Waals surface area contributed by atoms with E-state index in [1.54, 1.807) is 24.3 Å². The minimum Gasteiger partial charge on any atom is -0.384 e. The van der Waals surface area contributed by atoms with Crippen LogP contribution >= 0.6 is 0 Å². The molecular formula is C20H22O8S2. The molecule has 162 valence electrons. The van der Waals surface area contributed by atoms with Crippen molar-refractivity contribution in [1.82, 2.24) is 0 Å². The lowest BCUT2D eigenvalue weighted by Crippen LogP contribution is -1.96. The van der Waals surface area contributed by atoms with Gasteiger partial charge in [0.05, 0.1) is 9.79 Å². The average Bonchev–Trinajstić information content (AvgIpc) is 2.66. The Morgan fingerprint density at radius 1 is 0.633 bits per heavy atom. The van der Waals surface area contributed by atoms with Crippen molar-refractivity contribution in [2.75, 3.05) is 13.2 Å². The Morgan fingerprint density at radius 2 is 0.900 bits per heavy atom. The largest absolute Gasteiger partial charge is 0.384 e. The first kappa shape index (κ1) is 27.3. The predicted molar refractivity (Wildman–Crippen MR) is 112 cm³/mol. The van der Waals surface area contributed by atoms with Gasteiger partial charge in [-0.3, -0.25) is 9.11 Å². The lowest BCUT2D eigenvalue weighted by atomic mass is 10.2. The Hall–Kier alpha value is -2.70. The van der Waals surface area contributed by atoms with Crippen LogP contribution in [0.2, 0.25) is 0 Å². The number of aliphatic hydroxyl groups excluding tert-OH is 2. The molecule has 2 aromatic rings. The third-order valence-electron chi connectivity index (χ3n) is 3.04. The Kier molecular flexibility index (Phi) is 12.3. The van der Waals surface area contributed by atoms with Crippen LogP contribution < -0.4 is 0 Å². The van der Waals surface area contributed by atoms with Crippen LogP contribution in [-0.2, 0) is 20.2 Å². The van der Waals surface area contributed by atoms with Gasteiger partial charge in [0, 0.05) is 0 Å². The first-order chi connectivity index (χ1) is 13.9. The Labute approximate surface area is 176 Å². The molecule has 0 aliphatic rings. The standard InChI is InChI=1S/2C7H8O3S.C6H6O2/c2*1-6-2-4-7(5-3-6)11(8,9)10;7-5-3-1-2-4-6-8/h2*2-5H,1H3,(H,8,9,10);7-8H,5-6H2. The van der Waals surface area contributed by atoms with Crippen molar-refractivity contribution >= 4 is 20.2 Å². The number of aryl methyl sites for hydroxylation is 2. The number of rotatable bonds is 2. The van der Waals surface area contributed by atoms with E-state index in [0.717, 1.165) is 11.1 Å². The minimum absolute atomic E-state index is 0.0666. The lowest BCUT2D eigenvalue weighted by molar-refractivity contribution is 0.350. The number of aliphatic hydroxyl groups is 2. The van der Waals surface area contributed by atoms with Crippen molar-refractivity contribution in [2.24, 2.45) is 0 Å². The molecule has 0 unspecified atom stereocenters. The fourth-order valence-corrected chi connectivity index (χ4v) is 2.55. The molecule has 0 bridgehead atoms. The molecule has 0 heterocycles. The number of benzene rings is 2. The smallest absolute Gasteiger partial charge is 0.294 e. The highest BCUT2D eigenvalue weighted by Crippen LogP contribution is 2.09. The van der Waals surface area contributed by atoms with E-state index in [9.17, 15) is 16.8 Å². The van der Waals surface area contributed by atoms with E-state index in [1.165, 1.54) is 24.3 Å². The SMILES string of the molecule is Cc1ccc(S(=O)(=O)O)cc1.Cc1ccc(S(=O)(=O)O)cc1.OCC#CC#CCO. The van der Waals surface area contributed by atoms with E-state index in [0.29, 0.717) is 0 Å². The summed E-state index contributed by atoms with van der Waals surface area (Å²) >= 11 is 0. The van der Waals surface area contributed by atoms with E-state index in [4.69, 9.17) is 19.3 Å². The summed E-state index contributed by atoms with van der Waals surface area (Å²) in [5.41, 5.74) is 1.91. The van der Waals surface area contributed by atoms with Gasteiger partial charge in [0.25, 0.3) is 20.2 Å². The zero-order valence-corrected chi connectivity index (χ0v) is 17.9. The predicted octanol–water partition coefficient (Wildman–Crippen LogP) is 1.46. The Balaban J connectivity index is 0.000000428. The molecule has 0 spiro atoms. The summed E-state index contributed by atoms with van der Waals surface area (Å²) < 4.78 is 59.1. The quantitative estimate of drug-likeness (QED) is 0.394. The fraction of sp³-hybridized carbons (Fsp3) is 0.200. The van der Waals surface area contributed by atoms with Crippen LogP contribution in [0.4, 0.5) is 0 Å². The Morgan fingerprint density at radius 3 is 1.10 bits per heavy atom. The van der Waals surface area contributed by atoms with Gasteiger partial charge in [-0.1, -0.05) is 47.2 Å². The second-order valence-corrected chi connectivity index (χ2v) is 8.34. The molecule has 2 rings (SSSR count). The molecule has 0 radical (unpaired) electrons. The first-order valence-electron chi connectivity index (χ1n) is 8.17. The van der Waals surface area contributed by atoms with Crippen molar-refractivity contribution < 1.29 is 36.2 Å². The fourth-order valence-electron chi connectivity index (χ4n) is 1.59. The summed E-state index contributed by atoms with van der Waals surface area (Å²) in [4.78, 5) is -0.133. The topological polar surface area (TPSA) is 149 Å². The van der Waals surface area contributed by atoms with Crippen LogP contribution in [0.15, 0.2) is 58.3 Å². The molecule has 2 aromatic carbocycles. The van der Waals surface area contributed by atoms with Gasteiger partial charge < -0.3 is 10.2 Å². The summed E-state index contributed by atoms with van der Waals surface area (Å²) in [6.07, 6.45) is 0. The van der Waals surface area contributed by atoms with Gasteiger partial charge in [0.15, 0.2) is 0 Å². The van der Waals surface area contributed by atoms with Gasteiger partial charge in [-0.25, -0.2) is 0 Å². The molecular weight excluding hydrogens is 432 g/mol. The van der Waals surface area contributed by atoms with E-state index >= 15 is 0 Å². The van der Waals surface area contributed by atoms with Gasteiger partial charge >= 0.3 is 0 Å². The third kappa shape index (κ3) is 12.7. The van der Waals surface area contributed by atoms with Gasteiger partial charge in [0.2, 0.25) is 0 Å². The van der Waals surface area contributed by atoms with Gasteiger partial charge in [-0.05, 0) is 50.0 Å². The molecule has 0 aromatic heterocycles. The molecule has 8 nitrogen and oxygen atoms in total. The van der Waals surface area contributed by atoms with Gasteiger partial charge in [-0.15, -0.1) is 0 Å². The molecule has 0 aliphatic carbocycles. The second kappa shape index (κ2) is 13.5. The van der Waals surface area contributed by atoms with Crippen LogP contribution in [0, 0.1) is 37.5 Å². The highest BCUT2D eigenvalue weighted by molar-refractivity contribution is 7.86. The van der Waals surface area contributed by atoms with Gasteiger partial charge in [0.1, 0.15) is 13.2 Å². The molecule has 0 amide bonds. The third-order valence-corrected chi connectivity index (χ3v) is 4.77. The van der Waals surface area contributed by atoms with Crippen molar-refractivity contribution in [3.63, 3.8) is 0 Å². The van der Waals surface area contributed by atoms with Crippen molar-refractivity contribution in [3.05, 3.63) is 59.7 Å². The molecule has 0 saturated heterocycles. The number of hydrogen-bond acceptors (Lipinski definition) is 6. The monoisotopic (exact) mass is 454 g/mol. The maximum absolute atomic E-state index is 10.5. The highest BCUT2D eigenvalue weighted by atomic mass is 32.2. The lowest BCUT2D eigenvalue weighted by Gasteiger charge is -1.95. The summed E-state index contributed by atoms with van der Waals surface area (Å²) in [6, 6.07) is 12.0. The zero-order valence-electron chi connectivity index (χ0n) is 16.3. The maximum atomic E-state index is 10.5. The normalized spacial score (nSPS) is 9.93. The van der Waals surface area contributed by atoms with Gasteiger partial charge in [-0.2, -0.15) is 16.8 Å². The van der Waals surface area contributed by atoms with Crippen molar-refractivity contribution in [1.29, 1.82) is 0 Å². The van der Waals surface area contributed by atoms with Crippen molar-refractivity contribution in [3.8, 4) is 23.7 Å². The molecule has 4 N–H and O–H groups in total. The van der Waals surface area contributed by atoms with E-state index < -0.39 is 20.2 Å². The second-order valence-electron chi connectivity index (χ2n) is 5.50. The first-order valence-corrected chi connectivity index (χ1v) is 11.1. The van der Waals surface area contributed by atoms with Crippen LogP contribution in [0.1, 0.15) is 11.1 Å². The van der Waals surface area contributed by atoms with Crippen LogP contribution in [0.25, 0.3) is 0 Å². The summed E-state index contributed by atoms with van der Waals surface area (Å²) in [5.74, 6) is 9.24. The minimum atomic E-state index is -4.02. The molecule has 0 fully saturated rings. The van der Waals surface area contributed by atoms with E-state index in [2.05, 4.69) is 23.7 Å². The van der Waals surface area contributed by atoms with E-state index in [-0.39, 0.29) is 23.0 Å². The summed E-state index contributed by atoms with van der Waals surface area (Å²) in [5, 5.41) is 16.1. The molecule has 10 heteroatoms. The van der Waals surface area contributed by atoms with Crippen molar-refractivity contribution in [2.45, 2.75) is 23.6 Å². The molecule has 30 heavy (non-hydrogen) atoms. The van der Waals surface area contributed by atoms with E-state index in [1.807, 2.05) is 13.8 Å². The molecule has 0 saturated carbocycles. The highest BCUT2D eigenvalue weighted by Gasteiger charge is 2.07. The molecule has 0 aliphatic heterocycles. The number of hydrogen-bond donors (Lipinski definition) is 4. The summed E-state index contributed by atoms with van der Waals surface area (Å²) in [6.45, 7) is 3.32. The Bertz CT molecular complexity index is 1020. The zero-order chi connectivity index (χ0) is 23.2. The molecule has 0 atom stereocenters. The maximum Gasteiger partial charge on any atom is 0.294 e. The van der Waals surface area contributed by atoms with Crippen LogP contribution in [-0.4, -0.2) is 49.4 Å². The summed E-state index contributed by atoms with van der Waals surface area (Å²) in [7, 11) is -8.04. The average molecular weight is 455 g/mol.